The van der Waals surface area contributed by atoms with Crippen molar-refractivity contribution >= 4 is 5.91 Å². The summed E-state index contributed by atoms with van der Waals surface area (Å²) in [5, 5.41) is 12.9. The minimum absolute atomic E-state index is 0.0488. The molecule has 1 amide bonds. The van der Waals surface area contributed by atoms with Crippen LogP contribution in [0.25, 0.3) is 0 Å². The van der Waals surface area contributed by atoms with Crippen molar-refractivity contribution in [1.29, 1.82) is 0 Å². The summed E-state index contributed by atoms with van der Waals surface area (Å²) in [6.07, 6.45) is 0.303. The third kappa shape index (κ3) is 4.53. The van der Waals surface area contributed by atoms with Gasteiger partial charge in [-0.2, -0.15) is 0 Å². The molecule has 0 saturated heterocycles. The molecule has 4 N–H and O–H groups in total. The van der Waals surface area contributed by atoms with Crippen molar-refractivity contribution < 1.29 is 9.90 Å². The van der Waals surface area contributed by atoms with E-state index in [1.54, 1.807) is 0 Å². The Labute approximate surface area is 121 Å². The van der Waals surface area contributed by atoms with Crippen molar-refractivity contribution in [2.45, 2.75) is 52.5 Å². The van der Waals surface area contributed by atoms with Crippen molar-refractivity contribution in [2.75, 3.05) is 6.54 Å². The maximum atomic E-state index is 11.8. The lowest BCUT2D eigenvalue weighted by atomic mass is 9.84. The smallest absolute Gasteiger partial charge is 0.224 e. The number of phenols is 1. The normalized spacial score (nSPS) is 13.1. The molecule has 1 unspecified atom stereocenters. The second-order valence-corrected chi connectivity index (χ2v) is 6.52. The average Bonchev–Trinajstić information content (AvgIpc) is 2.29. The fourth-order valence-corrected chi connectivity index (χ4v) is 2.05. The first-order chi connectivity index (χ1) is 9.11. The molecule has 0 radical (unpaired) electrons. The number of nitrogens with two attached hydrogens (primary N) is 1. The lowest BCUT2D eigenvalue weighted by Crippen LogP contribution is -2.36. The molecule has 4 heteroatoms. The maximum absolute atomic E-state index is 11.8. The molecule has 1 aromatic rings. The highest BCUT2D eigenvalue weighted by atomic mass is 16.3. The number of carbonyl (C=O) groups is 1. The molecular weight excluding hydrogens is 252 g/mol. The number of benzene rings is 1. The predicted molar refractivity (Wildman–Crippen MR) is 81.9 cm³/mol. The van der Waals surface area contributed by atoms with E-state index in [2.05, 4.69) is 5.32 Å². The van der Waals surface area contributed by atoms with Crippen LogP contribution in [0.5, 0.6) is 5.75 Å². The average molecular weight is 278 g/mol. The number of amides is 1. The topological polar surface area (TPSA) is 75.4 Å². The summed E-state index contributed by atoms with van der Waals surface area (Å²) >= 11 is 0. The molecule has 1 atom stereocenters. The summed E-state index contributed by atoms with van der Waals surface area (Å²) in [7, 11) is 0. The van der Waals surface area contributed by atoms with E-state index in [-0.39, 0.29) is 17.4 Å². The van der Waals surface area contributed by atoms with E-state index in [1.165, 1.54) is 0 Å². The lowest BCUT2D eigenvalue weighted by Gasteiger charge is -2.22. The van der Waals surface area contributed by atoms with Gasteiger partial charge in [0.1, 0.15) is 5.75 Å². The molecule has 0 spiro atoms. The number of aromatic hydroxyl groups is 1. The molecule has 1 rings (SSSR count). The van der Waals surface area contributed by atoms with Gasteiger partial charge in [-0.3, -0.25) is 4.79 Å². The van der Waals surface area contributed by atoms with Gasteiger partial charge in [0.2, 0.25) is 5.91 Å². The molecule has 0 aromatic heterocycles. The van der Waals surface area contributed by atoms with Gasteiger partial charge in [-0.05, 0) is 36.0 Å². The molecule has 4 nitrogen and oxygen atoms in total. The summed E-state index contributed by atoms with van der Waals surface area (Å²) in [5.74, 6) is 0.268. The number of phenolic OH excluding ortho intramolecular Hbond substituents is 1. The van der Waals surface area contributed by atoms with Gasteiger partial charge >= 0.3 is 0 Å². The van der Waals surface area contributed by atoms with Gasteiger partial charge in [0.15, 0.2) is 0 Å². The van der Waals surface area contributed by atoms with Crippen LogP contribution >= 0.6 is 0 Å². The van der Waals surface area contributed by atoms with Gasteiger partial charge < -0.3 is 16.2 Å². The summed E-state index contributed by atoms with van der Waals surface area (Å²) in [4.78, 5) is 11.8. The number of rotatable bonds is 4. The number of hydrogen-bond acceptors (Lipinski definition) is 3. The molecule has 1 aromatic carbocycles. The van der Waals surface area contributed by atoms with Gasteiger partial charge in [0.25, 0.3) is 0 Å². The van der Waals surface area contributed by atoms with Gasteiger partial charge in [0, 0.05) is 12.6 Å². The minimum Gasteiger partial charge on any atom is -0.507 e. The standard InChI is InChI=1S/C16H26N2O2/c1-10-6-12(8-14(19)18-9-11(2)17)7-13(15(10)20)16(3,4)5/h6-7,11,20H,8-9,17H2,1-5H3,(H,18,19). The van der Waals surface area contributed by atoms with Crippen LogP contribution in [-0.4, -0.2) is 23.6 Å². The first kappa shape index (κ1) is 16.5. The maximum Gasteiger partial charge on any atom is 0.224 e. The van der Waals surface area contributed by atoms with Gasteiger partial charge in [-0.1, -0.05) is 32.9 Å². The molecule has 0 saturated carbocycles. The van der Waals surface area contributed by atoms with Gasteiger partial charge in [0.05, 0.1) is 6.42 Å². The van der Waals surface area contributed by atoms with E-state index in [4.69, 9.17) is 5.73 Å². The lowest BCUT2D eigenvalue weighted by molar-refractivity contribution is -0.120. The predicted octanol–water partition coefficient (Wildman–Crippen LogP) is 2.00. The zero-order valence-electron chi connectivity index (χ0n) is 13.1. The van der Waals surface area contributed by atoms with E-state index in [0.29, 0.717) is 18.7 Å². The molecule has 0 aliphatic carbocycles. The summed E-state index contributed by atoms with van der Waals surface area (Å²) in [6.45, 7) is 10.3. The Morgan fingerprint density at radius 1 is 1.40 bits per heavy atom. The van der Waals surface area contributed by atoms with Crippen LogP contribution in [0.4, 0.5) is 0 Å². The third-order valence-electron chi connectivity index (χ3n) is 3.15. The summed E-state index contributed by atoms with van der Waals surface area (Å²) in [5.41, 5.74) is 8.03. The molecule has 0 aliphatic rings. The van der Waals surface area contributed by atoms with Gasteiger partial charge in [-0.25, -0.2) is 0 Å². The van der Waals surface area contributed by atoms with Crippen LogP contribution in [0.1, 0.15) is 44.4 Å². The zero-order chi connectivity index (χ0) is 15.5. The van der Waals surface area contributed by atoms with Crippen LogP contribution in [0.2, 0.25) is 0 Å². The van der Waals surface area contributed by atoms with Crippen LogP contribution in [0.15, 0.2) is 12.1 Å². The molecule has 0 heterocycles. The van der Waals surface area contributed by atoms with Crippen LogP contribution in [0.3, 0.4) is 0 Å². The molecular formula is C16H26N2O2. The highest BCUT2D eigenvalue weighted by molar-refractivity contribution is 5.78. The monoisotopic (exact) mass is 278 g/mol. The Balaban J connectivity index is 2.92. The van der Waals surface area contributed by atoms with Crippen LogP contribution < -0.4 is 11.1 Å². The number of hydrogen-bond donors (Lipinski definition) is 3. The molecule has 0 bridgehead atoms. The number of nitrogens with one attached hydrogen (secondary N) is 1. The van der Waals surface area contributed by atoms with E-state index in [0.717, 1.165) is 16.7 Å². The van der Waals surface area contributed by atoms with Crippen molar-refractivity contribution in [1.82, 2.24) is 5.32 Å². The Kier molecular flexibility index (Phi) is 5.17. The molecule has 20 heavy (non-hydrogen) atoms. The third-order valence-corrected chi connectivity index (χ3v) is 3.15. The molecule has 0 fully saturated rings. The highest BCUT2D eigenvalue weighted by Crippen LogP contribution is 2.34. The van der Waals surface area contributed by atoms with E-state index >= 15 is 0 Å². The quantitative estimate of drug-likeness (QED) is 0.788. The SMILES string of the molecule is Cc1cc(CC(=O)NCC(C)N)cc(C(C)(C)C)c1O. The van der Waals surface area contributed by atoms with Gasteiger partial charge in [-0.15, -0.1) is 0 Å². The highest BCUT2D eigenvalue weighted by Gasteiger charge is 2.20. The Bertz CT molecular complexity index is 488. The number of carbonyl (C=O) groups excluding carboxylic acids is 1. The zero-order valence-corrected chi connectivity index (χ0v) is 13.1. The minimum atomic E-state index is -0.160. The largest absolute Gasteiger partial charge is 0.507 e. The van der Waals surface area contributed by atoms with Crippen molar-refractivity contribution in [3.05, 3.63) is 28.8 Å². The van der Waals surface area contributed by atoms with Crippen molar-refractivity contribution in [3.8, 4) is 5.75 Å². The van der Waals surface area contributed by atoms with Crippen molar-refractivity contribution in [2.24, 2.45) is 5.73 Å². The first-order valence-corrected chi connectivity index (χ1v) is 6.96. The molecule has 112 valence electrons. The van der Waals surface area contributed by atoms with Crippen LogP contribution in [0, 0.1) is 6.92 Å². The fraction of sp³-hybridized carbons (Fsp3) is 0.562. The fourth-order valence-electron chi connectivity index (χ4n) is 2.05. The van der Waals surface area contributed by atoms with Crippen molar-refractivity contribution in [3.63, 3.8) is 0 Å². The second-order valence-electron chi connectivity index (χ2n) is 6.52. The van der Waals surface area contributed by atoms with E-state index in [1.807, 2.05) is 46.8 Å². The second kappa shape index (κ2) is 6.27. The Morgan fingerprint density at radius 2 is 2.00 bits per heavy atom. The Morgan fingerprint density at radius 3 is 2.50 bits per heavy atom. The Hall–Kier alpha value is -1.55. The van der Waals surface area contributed by atoms with E-state index < -0.39 is 0 Å². The van der Waals surface area contributed by atoms with E-state index in [9.17, 15) is 9.90 Å². The summed E-state index contributed by atoms with van der Waals surface area (Å²) in [6, 6.07) is 3.72. The first-order valence-electron chi connectivity index (χ1n) is 6.96. The summed E-state index contributed by atoms with van der Waals surface area (Å²) < 4.78 is 0. The molecule has 0 aliphatic heterocycles. The number of aryl methyl sites for hydroxylation is 1. The van der Waals surface area contributed by atoms with Crippen LogP contribution in [-0.2, 0) is 16.6 Å².